The van der Waals surface area contributed by atoms with E-state index in [-0.39, 0.29) is 12.4 Å². The molecule has 0 fully saturated rings. The summed E-state index contributed by atoms with van der Waals surface area (Å²) in [7, 11) is 1.67. The van der Waals surface area contributed by atoms with Crippen LogP contribution in [0.5, 0.6) is 11.5 Å². The van der Waals surface area contributed by atoms with Crippen molar-refractivity contribution in [3.8, 4) is 11.5 Å². The Morgan fingerprint density at radius 2 is 1.76 bits per heavy atom. The van der Waals surface area contributed by atoms with Crippen LogP contribution >= 0.6 is 12.4 Å². The summed E-state index contributed by atoms with van der Waals surface area (Å²) < 4.78 is 16.7. The molecule has 0 amide bonds. The highest BCUT2D eigenvalue weighted by Crippen LogP contribution is 2.28. The molecule has 138 valence electrons. The number of methoxy groups -OCH3 is 1. The van der Waals surface area contributed by atoms with Crippen LogP contribution in [0.1, 0.15) is 24.5 Å². The fraction of sp³-hybridized carbons (Fsp3) is 0.400. The van der Waals surface area contributed by atoms with Crippen LogP contribution in [0.3, 0.4) is 0 Å². The minimum absolute atomic E-state index is 0. The van der Waals surface area contributed by atoms with Gasteiger partial charge >= 0.3 is 0 Å². The lowest BCUT2D eigenvalue weighted by molar-refractivity contribution is 0.144. The first-order chi connectivity index (χ1) is 11.8. The van der Waals surface area contributed by atoms with Crippen molar-refractivity contribution >= 4 is 12.4 Å². The van der Waals surface area contributed by atoms with Crippen LogP contribution in [0.25, 0.3) is 0 Å². The van der Waals surface area contributed by atoms with E-state index in [0.717, 1.165) is 49.8 Å². The summed E-state index contributed by atoms with van der Waals surface area (Å²) in [4.78, 5) is 0. The minimum atomic E-state index is 0. The van der Waals surface area contributed by atoms with Gasteiger partial charge in [0.25, 0.3) is 0 Å². The van der Waals surface area contributed by atoms with E-state index in [2.05, 4.69) is 11.4 Å². The summed E-state index contributed by atoms with van der Waals surface area (Å²) in [5, 5.41) is 3.41. The van der Waals surface area contributed by atoms with Crippen LogP contribution in [0.4, 0.5) is 0 Å². The van der Waals surface area contributed by atoms with Gasteiger partial charge in [0.2, 0.25) is 0 Å². The first-order valence-electron chi connectivity index (χ1n) is 8.45. The number of nitrogens with one attached hydrogen (secondary N) is 1. The lowest BCUT2D eigenvalue weighted by Crippen LogP contribution is -2.16. The normalized spacial score (nSPS) is 10.2. The molecule has 0 aliphatic heterocycles. The molecule has 0 aromatic heterocycles. The molecule has 2 aromatic rings. The number of benzene rings is 2. The predicted octanol–water partition coefficient (Wildman–Crippen LogP) is 4.21. The summed E-state index contributed by atoms with van der Waals surface area (Å²) in [6.45, 7) is 5.88. The predicted molar refractivity (Wildman–Crippen MR) is 104 cm³/mol. The quantitative estimate of drug-likeness (QED) is 0.605. The number of hydrogen-bond donors (Lipinski definition) is 1. The highest BCUT2D eigenvalue weighted by Gasteiger charge is 2.06. The molecular weight excluding hydrogens is 338 g/mol. The van der Waals surface area contributed by atoms with E-state index in [1.165, 1.54) is 5.56 Å². The van der Waals surface area contributed by atoms with Crippen molar-refractivity contribution in [3.05, 3.63) is 59.7 Å². The third-order valence-corrected chi connectivity index (χ3v) is 3.64. The molecule has 0 heterocycles. The molecule has 25 heavy (non-hydrogen) atoms. The van der Waals surface area contributed by atoms with Gasteiger partial charge in [0.15, 0.2) is 11.5 Å². The van der Waals surface area contributed by atoms with Crippen LogP contribution in [-0.2, 0) is 17.9 Å². The highest BCUT2D eigenvalue weighted by molar-refractivity contribution is 5.85. The molecule has 1 N–H and O–H groups in total. The molecule has 0 radical (unpaired) electrons. The van der Waals surface area contributed by atoms with E-state index in [9.17, 15) is 0 Å². The van der Waals surface area contributed by atoms with Gasteiger partial charge in [0, 0.05) is 19.8 Å². The summed E-state index contributed by atoms with van der Waals surface area (Å²) in [5.74, 6) is 1.53. The van der Waals surface area contributed by atoms with E-state index in [0.29, 0.717) is 6.61 Å². The van der Waals surface area contributed by atoms with Crippen LogP contribution in [0.2, 0.25) is 0 Å². The van der Waals surface area contributed by atoms with Crippen LogP contribution in [0.15, 0.2) is 48.5 Å². The Morgan fingerprint density at radius 1 is 0.960 bits per heavy atom. The Hall–Kier alpha value is -1.75. The van der Waals surface area contributed by atoms with Gasteiger partial charge in [-0.3, -0.25) is 0 Å². The molecule has 0 saturated heterocycles. The molecule has 2 aromatic carbocycles. The summed E-state index contributed by atoms with van der Waals surface area (Å²) in [6.07, 6.45) is 1.02. The van der Waals surface area contributed by atoms with Crippen molar-refractivity contribution in [2.45, 2.75) is 26.5 Å². The van der Waals surface area contributed by atoms with Gasteiger partial charge in [-0.1, -0.05) is 36.4 Å². The standard InChI is InChI=1S/C20H27NO3.ClH/c1-3-23-13-7-12-21-15-18-10-11-19(20(14-18)22-2)24-16-17-8-5-4-6-9-17;/h4-6,8-11,14,21H,3,7,12-13,15-16H2,1-2H3;1H. The molecule has 0 unspecified atom stereocenters. The largest absolute Gasteiger partial charge is 0.493 e. The minimum Gasteiger partial charge on any atom is -0.493 e. The Morgan fingerprint density at radius 3 is 2.48 bits per heavy atom. The van der Waals surface area contributed by atoms with Gasteiger partial charge in [-0.2, -0.15) is 0 Å². The second-order valence-corrected chi connectivity index (χ2v) is 5.49. The number of hydrogen-bond acceptors (Lipinski definition) is 4. The Bertz CT molecular complexity index is 593. The van der Waals surface area contributed by atoms with Gasteiger partial charge < -0.3 is 19.5 Å². The maximum Gasteiger partial charge on any atom is 0.161 e. The molecule has 0 aliphatic rings. The number of ether oxygens (including phenoxy) is 3. The average molecular weight is 366 g/mol. The molecule has 0 bridgehead atoms. The van der Waals surface area contributed by atoms with E-state index in [1.807, 2.05) is 49.4 Å². The zero-order valence-electron chi connectivity index (χ0n) is 15.0. The monoisotopic (exact) mass is 365 g/mol. The van der Waals surface area contributed by atoms with Gasteiger partial charge in [-0.05, 0) is 43.1 Å². The zero-order valence-corrected chi connectivity index (χ0v) is 15.8. The van der Waals surface area contributed by atoms with Crippen LogP contribution < -0.4 is 14.8 Å². The summed E-state index contributed by atoms with van der Waals surface area (Å²) >= 11 is 0. The number of rotatable bonds is 11. The summed E-state index contributed by atoms with van der Waals surface area (Å²) in [6, 6.07) is 16.2. The molecule has 0 aliphatic carbocycles. The molecule has 5 heteroatoms. The lowest BCUT2D eigenvalue weighted by atomic mass is 10.2. The Balaban J connectivity index is 0.00000312. The zero-order chi connectivity index (χ0) is 17.0. The molecule has 0 spiro atoms. The summed E-state index contributed by atoms with van der Waals surface area (Å²) in [5.41, 5.74) is 2.31. The van der Waals surface area contributed by atoms with Crippen molar-refractivity contribution in [1.29, 1.82) is 0 Å². The molecule has 4 nitrogen and oxygen atoms in total. The molecule has 0 saturated carbocycles. The second-order valence-electron chi connectivity index (χ2n) is 5.49. The van der Waals surface area contributed by atoms with Crippen molar-refractivity contribution in [3.63, 3.8) is 0 Å². The smallest absolute Gasteiger partial charge is 0.161 e. The van der Waals surface area contributed by atoms with E-state index in [1.54, 1.807) is 7.11 Å². The highest BCUT2D eigenvalue weighted by atomic mass is 35.5. The Kier molecular flexibility index (Phi) is 10.7. The first kappa shape index (κ1) is 21.3. The van der Waals surface area contributed by atoms with Gasteiger partial charge in [-0.25, -0.2) is 0 Å². The van der Waals surface area contributed by atoms with Crippen LogP contribution in [-0.4, -0.2) is 26.9 Å². The lowest BCUT2D eigenvalue weighted by Gasteiger charge is -2.13. The second kappa shape index (κ2) is 12.6. The van der Waals surface area contributed by atoms with Gasteiger partial charge in [0.1, 0.15) is 6.61 Å². The average Bonchev–Trinajstić information content (AvgIpc) is 2.64. The van der Waals surface area contributed by atoms with Crippen molar-refractivity contribution in [2.75, 3.05) is 26.9 Å². The maximum absolute atomic E-state index is 5.88. The van der Waals surface area contributed by atoms with Crippen LogP contribution in [0, 0.1) is 0 Å². The third-order valence-electron chi connectivity index (χ3n) is 3.64. The van der Waals surface area contributed by atoms with Crippen molar-refractivity contribution in [2.24, 2.45) is 0 Å². The fourth-order valence-corrected chi connectivity index (χ4v) is 2.35. The van der Waals surface area contributed by atoms with E-state index < -0.39 is 0 Å². The Labute approximate surface area is 156 Å². The third kappa shape index (κ3) is 7.78. The topological polar surface area (TPSA) is 39.7 Å². The SMILES string of the molecule is CCOCCCNCc1ccc(OCc2ccccc2)c(OC)c1.Cl. The van der Waals surface area contributed by atoms with E-state index in [4.69, 9.17) is 14.2 Å². The fourth-order valence-electron chi connectivity index (χ4n) is 2.35. The first-order valence-corrected chi connectivity index (χ1v) is 8.45. The van der Waals surface area contributed by atoms with Gasteiger partial charge in [0.05, 0.1) is 7.11 Å². The van der Waals surface area contributed by atoms with Crippen molar-refractivity contribution < 1.29 is 14.2 Å². The number of halogens is 1. The van der Waals surface area contributed by atoms with Crippen molar-refractivity contribution in [1.82, 2.24) is 5.32 Å². The molecule has 2 rings (SSSR count). The molecule has 0 atom stereocenters. The van der Waals surface area contributed by atoms with Gasteiger partial charge in [-0.15, -0.1) is 12.4 Å². The maximum atomic E-state index is 5.88. The molecular formula is C20H28ClNO3. The van der Waals surface area contributed by atoms with E-state index >= 15 is 0 Å².